The summed E-state index contributed by atoms with van der Waals surface area (Å²) in [6, 6.07) is 50.0. The summed E-state index contributed by atoms with van der Waals surface area (Å²) in [6.07, 6.45) is 15.1. The Balaban J connectivity index is 0.000000115. The summed E-state index contributed by atoms with van der Waals surface area (Å²) >= 11 is 6.65. The van der Waals surface area contributed by atoms with Crippen molar-refractivity contribution in [2.45, 2.75) is 115 Å². The van der Waals surface area contributed by atoms with Crippen LogP contribution in [-0.2, 0) is 23.5 Å². The Morgan fingerprint density at radius 2 is 0.823 bits per heavy atom. The molecule has 2 saturated carbocycles. The Morgan fingerprint density at radius 1 is 0.460 bits per heavy atom. The molecule has 5 aromatic carbocycles. The maximum Gasteiger partial charge on any atom is 0.494 e. The van der Waals surface area contributed by atoms with Gasteiger partial charge in [-0.05, 0) is 207 Å². The number of ether oxygens (including phenoxy) is 3. The molecule has 4 atom stereocenters. The van der Waals surface area contributed by atoms with Crippen molar-refractivity contribution < 1.29 is 52.6 Å². The summed E-state index contributed by atoms with van der Waals surface area (Å²) in [5, 5.41) is 12.7. The lowest BCUT2D eigenvalue weighted by Crippen LogP contribution is -2.41. The molecule has 4 bridgehead atoms. The van der Waals surface area contributed by atoms with Gasteiger partial charge in [-0.15, -0.1) is 0 Å². The van der Waals surface area contributed by atoms with Gasteiger partial charge in [-0.25, -0.2) is 29.1 Å². The zero-order chi connectivity index (χ0) is 79.3. The first-order valence-corrected chi connectivity index (χ1v) is 38.5. The number of amides is 1. The van der Waals surface area contributed by atoms with Crippen LogP contribution in [0.3, 0.4) is 0 Å². The number of carbonyl (C=O) groups is 5. The number of nitrogens with two attached hydrogens (primary N) is 1. The Labute approximate surface area is 667 Å². The van der Waals surface area contributed by atoms with Gasteiger partial charge in [0, 0.05) is 113 Å². The molecule has 9 aromatic heterocycles. The second-order valence-electron chi connectivity index (χ2n) is 29.3. The van der Waals surface area contributed by atoms with Crippen LogP contribution >= 0.6 is 31.9 Å². The number of carboxylic acids is 1. The van der Waals surface area contributed by atoms with Crippen molar-refractivity contribution in [3.8, 4) is 45.3 Å². The van der Waals surface area contributed by atoms with Gasteiger partial charge in [0.25, 0.3) is 0 Å². The number of aromatic nitrogens is 11. The van der Waals surface area contributed by atoms with Crippen LogP contribution in [-0.4, -0.2) is 129 Å². The van der Waals surface area contributed by atoms with Gasteiger partial charge in [0.15, 0.2) is 0 Å². The fraction of sp³-hybridized carbons (Fsp3) is 0.241. The van der Waals surface area contributed by atoms with Gasteiger partial charge in [-0.2, -0.15) is 0 Å². The number of rotatable bonds is 10. The summed E-state index contributed by atoms with van der Waals surface area (Å²) in [5.41, 5.74) is 21.4. The van der Waals surface area contributed by atoms with Crippen molar-refractivity contribution in [1.29, 1.82) is 0 Å². The van der Waals surface area contributed by atoms with Crippen molar-refractivity contribution in [3.63, 3.8) is 0 Å². The third kappa shape index (κ3) is 14.9. The number of benzene rings is 5. The Morgan fingerprint density at radius 3 is 1.22 bits per heavy atom. The summed E-state index contributed by atoms with van der Waals surface area (Å²) in [4.78, 5) is 99.8. The van der Waals surface area contributed by atoms with Gasteiger partial charge in [0.2, 0.25) is 5.91 Å². The molecule has 23 nitrogen and oxygen atoms in total. The number of hydrogen-bond donors (Lipinski definition) is 2. The van der Waals surface area contributed by atoms with Crippen LogP contribution in [0.1, 0.15) is 165 Å². The number of aryl methyl sites for hydroxylation is 2. The molecule has 3 aliphatic heterocycles. The number of halogens is 2. The molecular formula is C87H77BBr2N12O11. The van der Waals surface area contributed by atoms with E-state index in [0.717, 1.165) is 115 Å². The number of methoxy groups -OCH3 is 3. The summed E-state index contributed by atoms with van der Waals surface area (Å²) in [7, 11) is 3.66. The summed E-state index contributed by atoms with van der Waals surface area (Å²) in [6.45, 7) is 12.0. The quantitative estimate of drug-likeness (QED) is 0.0730. The molecule has 568 valence electrons. The fourth-order valence-electron chi connectivity index (χ4n) is 15.7. The Hall–Kier alpha value is -11.8. The van der Waals surface area contributed by atoms with E-state index in [0.29, 0.717) is 57.1 Å². The minimum atomic E-state index is -0.935. The highest BCUT2D eigenvalue weighted by molar-refractivity contribution is 9.10. The Bertz CT molecular complexity index is 6150. The molecule has 1 saturated heterocycles. The van der Waals surface area contributed by atoms with E-state index in [-0.39, 0.29) is 23.5 Å². The zero-order valence-corrected chi connectivity index (χ0v) is 66.5. The molecule has 1 amide bonds. The van der Waals surface area contributed by atoms with E-state index >= 15 is 0 Å². The Kier molecular flexibility index (Phi) is 21.3. The number of pyridine rings is 7. The lowest BCUT2D eigenvalue weighted by molar-refractivity contribution is 0.00578. The first-order chi connectivity index (χ1) is 54.4. The van der Waals surface area contributed by atoms with E-state index in [9.17, 15) is 24.0 Å². The highest BCUT2D eigenvalue weighted by Gasteiger charge is 2.52. The van der Waals surface area contributed by atoms with Gasteiger partial charge in [-0.1, -0.05) is 68.3 Å². The number of primary amides is 1. The lowest BCUT2D eigenvalue weighted by Gasteiger charge is -2.32. The van der Waals surface area contributed by atoms with Crippen LogP contribution in [0.25, 0.3) is 99.8 Å². The minimum absolute atomic E-state index is 0.274. The summed E-state index contributed by atoms with van der Waals surface area (Å²) < 4.78 is 33.3. The number of nitrogens with zero attached hydrogens (tertiary/aromatic N) is 11. The topological polar surface area (TPSA) is 304 Å². The molecule has 5 aliphatic rings. The van der Waals surface area contributed by atoms with Crippen LogP contribution in [0.15, 0.2) is 198 Å². The van der Waals surface area contributed by atoms with Crippen LogP contribution in [0.2, 0.25) is 0 Å². The molecule has 3 N–H and O–H groups in total. The highest BCUT2D eigenvalue weighted by atomic mass is 79.9. The average Bonchev–Trinajstić information content (AvgIpc) is 1.57. The van der Waals surface area contributed by atoms with E-state index in [1.54, 1.807) is 61.2 Å². The van der Waals surface area contributed by atoms with E-state index in [1.165, 1.54) is 83.8 Å². The molecule has 0 unspecified atom stereocenters. The molecule has 12 heterocycles. The first kappa shape index (κ1) is 76.5. The van der Waals surface area contributed by atoms with E-state index in [2.05, 4.69) is 78.0 Å². The van der Waals surface area contributed by atoms with E-state index in [1.807, 2.05) is 145 Å². The molecule has 0 radical (unpaired) electrons. The van der Waals surface area contributed by atoms with Gasteiger partial charge in [-0.3, -0.25) is 39.7 Å². The van der Waals surface area contributed by atoms with E-state index in [4.69, 9.17) is 54.3 Å². The van der Waals surface area contributed by atoms with Gasteiger partial charge in [0.05, 0.1) is 111 Å². The number of carbonyl (C=O) groups excluding carboxylic acids is 4. The molecule has 14 aromatic rings. The molecule has 113 heavy (non-hydrogen) atoms. The van der Waals surface area contributed by atoms with Crippen molar-refractivity contribution in [3.05, 3.63) is 249 Å². The molecule has 3 fully saturated rings. The maximum absolute atomic E-state index is 12.4. The van der Waals surface area contributed by atoms with Crippen molar-refractivity contribution in [2.75, 3.05) is 21.3 Å². The number of hydrogen-bond acceptors (Lipinski definition) is 19. The molecule has 0 spiro atoms. The van der Waals surface area contributed by atoms with Gasteiger partial charge >= 0.3 is 31.0 Å². The third-order valence-electron chi connectivity index (χ3n) is 21.8. The average molecular weight is 1640 g/mol. The first-order valence-electron chi connectivity index (χ1n) is 36.9. The highest BCUT2D eigenvalue weighted by Crippen LogP contribution is 2.54. The fourth-order valence-corrected chi connectivity index (χ4v) is 16.4. The third-order valence-corrected chi connectivity index (χ3v) is 22.8. The SMILES string of the molecule is COC(=O)c1ccnc2ccc(-c3c(-c4cccc(C)n4)nc4n3[C@H]3CC[C@@H]4C3)cc12.COC(=O)c1ccnc2ccc(B3OC(C)(C)C(C)(C)O3)cc12.COC(=O)c1ccnc2ccc(Br)cc12.Cc1cccc(-c2nc3n(c2-c2ccc4nccc(C(N)=O)c4c2)[C@H]2CC[C@@H]3C2)n1.O=C(O)c1ccnc2ccc(Br)cc12. The molecule has 19 rings (SSSR count). The van der Waals surface area contributed by atoms with Crippen molar-refractivity contribution >= 4 is 129 Å². The standard InChI is InChI=1S/C25H22N4O2.C24H21N5O.C17H20BNO4.C11H8BrNO2.C10H6BrNO2/c1-14-4-3-5-21(27-14)22-23(29-17-8-6-16(12-17)24(29)28-22)15-7-9-20-19(13-15)18(10-11-26-20)25(30)31-2;1-13-3-2-4-20(27-13)21-22(29-16-7-5-15(11-16)24(29)28-21)14-6-8-19-18(12-14)17(23(25)30)9-10-26-19;1-16(2)17(3,4)23-18(22-16)11-6-7-14-13(10-11)12(8-9-19-14)15(20)21-5;1-15-11(14)8-4-5-13-10-3-2-7(12)6-9(8)10;11-6-1-2-9-8(5-6)7(10(13)14)3-4-12-9/h3-5,7,9-11,13,16-17H,6,8,12H2,1-2H3;2-4,6,8-10,12,15-16H,5,7,11H2,1H3,(H2,25,30);6-10H,1-5H3;2-6H,1H3;1-5H,(H,13,14)/t16-,17+;15-,16+;;;/m11.../s1. The number of esters is 3. The van der Waals surface area contributed by atoms with Crippen molar-refractivity contribution in [2.24, 2.45) is 5.73 Å². The number of fused-ring (bicyclic) bond motifs is 15. The summed E-state index contributed by atoms with van der Waals surface area (Å²) in [5.74, 6) is 0.913. The van der Waals surface area contributed by atoms with Crippen LogP contribution < -0.4 is 11.2 Å². The second kappa shape index (κ2) is 31.4. The largest absolute Gasteiger partial charge is 0.494 e. The number of aromatic carboxylic acids is 1. The van der Waals surface area contributed by atoms with Crippen LogP contribution in [0.5, 0.6) is 0 Å². The van der Waals surface area contributed by atoms with Crippen LogP contribution in [0.4, 0.5) is 0 Å². The lowest BCUT2D eigenvalue weighted by atomic mass is 9.78. The maximum atomic E-state index is 12.4. The van der Waals surface area contributed by atoms with Gasteiger partial charge in [0.1, 0.15) is 23.0 Å². The molecule has 2 aliphatic carbocycles. The van der Waals surface area contributed by atoms with Gasteiger partial charge < -0.3 is 43.5 Å². The second-order valence-corrected chi connectivity index (χ2v) is 31.2. The smallest absolute Gasteiger partial charge is 0.478 e. The van der Waals surface area contributed by atoms with E-state index < -0.39 is 30.2 Å². The normalized spacial score (nSPS) is 16.9. The number of carboxylic acid groups (broad SMARTS) is 1. The predicted octanol–water partition coefficient (Wildman–Crippen LogP) is 17.3. The molecule has 26 heteroatoms. The van der Waals surface area contributed by atoms with Crippen molar-refractivity contribution in [1.82, 2.24) is 54.0 Å². The minimum Gasteiger partial charge on any atom is -0.478 e. The van der Waals surface area contributed by atoms with Crippen LogP contribution in [0, 0.1) is 13.8 Å². The monoisotopic (exact) mass is 1630 g/mol. The number of imidazole rings is 2. The zero-order valence-electron chi connectivity index (χ0n) is 63.3. The molecular weight excluding hydrogens is 1560 g/mol. The predicted molar refractivity (Wildman–Crippen MR) is 439 cm³/mol.